The lowest BCUT2D eigenvalue weighted by atomic mass is 9.94. The van der Waals surface area contributed by atoms with Crippen molar-refractivity contribution in [3.05, 3.63) is 116 Å². The molecule has 1 saturated heterocycles. The molecule has 0 spiro atoms. The molecule has 1 heterocycles. The fourth-order valence-electron chi connectivity index (χ4n) is 3.95. The number of carbonyl (C=O) groups is 3. The van der Waals surface area contributed by atoms with E-state index in [1.54, 1.807) is 84.7 Å². The van der Waals surface area contributed by atoms with E-state index >= 15 is 0 Å². The van der Waals surface area contributed by atoms with Crippen LogP contribution < -0.4 is 0 Å². The zero-order chi connectivity index (χ0) is 25.1. The molecule has 8 heteroatoms. The van der Waals surface area contributed by atoms with Crippen molar-refractivity contribution in [3.8, 4) is 0 Å². The van der Waals surface area contributed by atoms with E-state index in [0.29, 0.717) is 40.1 Å². The van der Waals surface area contributed by atoms with Crippen molar-refractivity contribution in [2.75, 3.05) is 20.1 Å². The van der Waals surface area contributed by atoms with Gasteiger partial charge in [-0.1, -0.05) is 34.8 Å². The average molecular weight is 528 g/mol. The smallest absolute Gasteiger partial charge is 0.259 e. The number of hydrogen-bond acceptors (Lipinski definition) is 4. The molecular weight excluding hydrogens is 507 g/mol. The van der Waals surface area contributed by atoms with Crippen molar-refractivity contribution in [2.24, 2.45) is 0 Å². The van der Waals surface area contributed by atoms with Crippen molar-refractivity contribution in [2.45, 2.75) is 6.42 Å². The van der Waals surface area contributed by atoms with Gasteiger partial charge in [-0.2, -0.15) is 0 Å². The normalized spacial score (nSPS) is 13.5. The molecule has 4 rings (SSSR count). The second-order valence-corrected chi connectivity index (χ2v) is 9.42. The third-order valence-electron chi connectivity index (χ3n) is 5.72. The van der Waals surface area contributed by atoms with E-state index in [-0.39, 0.29) is 28.4 Å². The van der Waals surface area contributed by atoms with E-state index in [1.807, 2.05) is 0 Å². The molecule has 1 fully saturated rings. The minimum Gasteiger partial charge on any atom is -0.360 e. The quantitative estimate of drug-likeness (QED) is 0.167. The molecule has 3 aromatic carbocycles. The van der Waals surface area contributed by atoms with E-state index in [0.717, 1.165) is 0 Å². The van der Waals surface area contributed by atoms with Gasteiger partial charge in [0.15, 0.2) is 0 Å². The van der Waals surface area contributed by atoms with Crippen LogP contribution in [0.15, 0.2) is 84.2 Å². The van der Waals surface area contributed by atoms with Crippen molar-refractivity contribution in [1.82, 2.24) is 9.80 Å². The first kappa shape index (κ1) is 25.0. The minimum absolute atomic E-state index is 0.0980. The first-order chi connectivity index (χ1) is 16.8. The van der Waals surface area contributed by atoms with Crippen LogP contribution in [-0.4, -0.2) is 47.4 Å². The summed E-state index contributed by atoms with van der Waals surface area (Å²) in [6.45, 7) is 0.928. The van der Waals surface area contributed by atoms with Gasteiger partial charge in [0.25, 0.3) is 5.91 Å². The number of benzene rings is 3. The number of nitrogens with zero attached hydrogens (tertiary/aromatic N) is 2. The molecule has 178 valence electrons. The molecule has 1 amide bonds. The standard InChI is InChI=1S/C27H21Cl3N2O3/c1-31-15-2-16-32(27(35)19-7-13-22(30)14-8-19)26(31)23(24(33)17-3-9-20(28)10-4-17)25(34)18-5-11-21(29)12-6-18/h3-14H,2,15-16H2,1H3. The van der Waals surface area contributed by atoms with Crippen LogP contribution in [0.1, 0.15) is 37.5 Å². The summed E-state index contributed by atoms with van der Waals surface area (Å²) in [6.07, 6.45) is 0.677. The zero-order valence-electron chi connectivity index (χ0n) is 18.8. The van der Waals surface area contributed by atoms with Crippen LogP contribution in [0.25, 0.3) is 0 Å². The van der Waals surface area contributed by atoms with Crippen LogP contribution >= 0.6 is 34.8 Å². The molecule has 0 N–H and O–H groups in total. The Balaban J connectivity index is 1.89. The lowest BCUT2D eigenvalue weighted by Crippen LogP contribution is -2.46. The van der Waals surface area contributed by atoms with E-state index < -0.39 is 11.6 Å². The Morgan fingerprint density at radius 2 is 1.03 bits per heavy atom. The largest absolute Gasteiger partial charge is 0.360 e. The molecule has 5 nitrogen and oxygen atoms in total. The third kappa shape index (κ3) is 5.43. The van der Waals surface area contributed by atoms with Gasteiger partial charge in [0.2, 0.25) is 11.6 Å². The Kier molecular flexibility index (Phi) is 7.60. The summed E-state index contributed by atoms with van der Waals surface area (Å²) in [6, 6.07) is 19.1. The number of allylic oxidation sites excluding steroid dienone is 1. The molecule has 0 saturated carbocycles. The molecule has 0 unspecified atom stereocenters. The Labute approximate surface area is 218 Å². The van der Waals surface area contributed by atoms with Gasteiger partial charge in [0, 0.05) is 51.9 Å². The SMILES string of the molecule is CN1CCCN(C(=O)c2ccc(Cl)cc2)C1=C(C(=O)c1ccc(Cl)cc1)C(=O)c1ccc(Cl)cc1. The second kappa shape index (κ2) is 10.6. The van der Waals surface area contributed by atoms with Crippen LogP contribution in [-0.2, 0) is 0 Å². The van der Waals surface area contributed by atoms with E-state index in [9.17, 15) is 14.4 Å². The first-order valence-corrected chi connectivity index (χ1v) is 12.0. The van der Waals surface area contributed by atoms with Crippen LogP contribution in [0.5, 0.6) is 0 Å². The fraction of sp³-hybridized carbons (Fsp3) is 0.148. The van der Waals surface area contributed by atoms with Gasteiger partial charge >= 0.3 is 0 Å². The highest BCUT2D eigenvalue weighted by Gasteiger charge is 2.35. The zero-order valence-corrected chi connectivity index (χ0v) is 21.1. The third-order valence-corrected chi connectivity index (χ3v) is 6.48. The topological polar surface area (TPSA) is 57.7 Å². The predicted octanol–water partition coefficient (Wildman–Crippen LogP) is 6.40. The highest BCUT2D eigenvalue weighted by Crippen LogP contribution is 2.28. The molecule has 0 bridgehead atoms. The number of amides is 1. The fourth-order valence-corrected chi connectivity index (χ4v) is 4.33. The van der Waals surface area contributed by atoms with Crippen LogP contribution in [0.3, 0.4) is 0 Å². The predicted molar refractivity (Wildman–Crippen MR) is 138 cm³/mol. The molecule has 0 atom stereocenters. The molecule has 35 heavy (non-hydrogen) atoms. The first-order valence-electron chi connectivity index (χ1n) is 10.9. The van der Waals surface area contributed by atoms with E-state index in [1.165, 1.54) is 4.90 Å². The van der Waals surface area contributed by atoms with Crippen LogP contribution in [0.2, 0.25) is 15.1 Å². The van der Waals surface area contributed by atoms with Crippen molar-refractivity contribution in [1.29, 1.82) is 0 Å². The Morgan fingerprint density at radius 1 is 0.629 bits per heavy atom. The summed E-state index contributed by atoms with van der Waals surface area (Å²) < 4.78 is 0. The number of rotatable bonds is 5. The summed E-state index contributed by atoms with van der Waals surface area (Å²) in [5.74, 6) is -1.07. The second-order valence-electron chi connectivity index (χ2n) is 8.11. The molecule has 1 aliphatic heterocycles. The maximum Gasteiger partial charge on any atom is 0.259 e. The van der Waals surface area contributed by atoms with Crippen molar-refractivity contribution < 1.29 is 14.4 Å². The van der Waals surface area contributed by atoms with E-state index in [2.05, 4.69) is 0 Å². The van der Waals surface area contributed by atoms with Gasteiger partial charge in [0.05, 0.1) is 0 Å². The van der Waals surface area contributed by atoms with Crippen LogP contribution in [0.4, 0.5) is 0 Å². The lowest BCUT2D eigenvalue weighted by Gasteiger charge is -2.38. The Morgan fingerprint density at radius 3 is 1.46 bits per heavy atom. The minimum atomic E-state index is -0.501. The molecule has 0 aliphatic carbocycles. The maximum atomic E-state index is 13.8. The van der Waals surface area contributed by atoms with Gasteiger partial charge in [-0.05, 0) is 79.2 Å². The molecule has 0 radical (unpaired) electrons. The summed E-state index contributed by atoms with van der Waals surface area (Å²) in [5.41, 5.74) is 0.882. The number of hydrogen-bond donors (Lipinski definition) is 0. The molecular formula is C27H21Cl3N2O3. The molecule has 3 aromatic rings. The highest BCUT2D eigenvalue weighted by molar-refractivity contribution is 6.33. The molecule has 0 aromatic heterocycles. The van der Waals surface area contributed by atoms with Crippen LogP contribution in [0, 0.1) is 0 Å². The van der Waals surface area contributed by atoms with Crippen molar-refractivity contribution in [3.63, 3.8) is 0 Å². The van der Waals surface area contributed by atoms with Gasteiger partial charge in [-0.3, -0.25) is 19.3 Å². The summed E-state index contributed by atoms with van der Waals surface area (Å²) in [7, 11) is 1.76. The maximum absolute atomic E-state index is 13.8. The number of Topliss-reactive ketones (excluding diaryl/α,β-unsaturated/α-hetero) is 2. The number of ketones is 2. The lowest BCUT2D eigenvalue weighted by molar-refractivity contribution is 0.0698. The van der Waals surface area contributed by atoms with E-state index in [4.69, 9.17) is 34.8 Å². The average Bonchev–Trinajstić information content (AvgIpc) is 2.86. The van der Waals surface area contributed by atoms with Gasteiger partial charge < -0.3 is 4.90 Å². The summed E-state index contributed by atoms with van der Waals surface area (Å²) in [5, 5.41) is 1.44. The summed E-state index contributed by atoms with van der Waals surface area (Å²) in [4.78, 5) is 44.4. The Bertz CT molecular complexity index is 1240. The number of carbonyl (C=O) groups excluding carboxylic acids is 3. The Hall–Kier alpha value is -3.12. The highest BCUT2D eigenvalue weighted by atomic mass is 35.5. The van der Waals surface area contributed by atoms with Gasteiger partial charge in [-0.15, -0.1) is 0 Å². The van der Waals surface area contributed by atoms with Gasteiger partial charge in [0.1, 0.15) is 11.4 Å². The summed E-state index contributed by atoms with van der Waals surface area (Å²) >= 11 is 18.0. The monoisotopic (exact) mass is 526 g/mol. The van der Waals surface area contributed by atoms with Crippen molar-refractivity contribution >= 4 is 52.3 Å². The number of halogens is 3. The van der Waals surface area contributed by atoms with Gasteiger partial charge in [-0.25, -0.2) is 0 Å². The molecule has 1 aliphatic rings.